The van der Waals surface area contributed by atoms with Gasteiger partial charge in [0.25, 0.3) is 0 Å². The van der Waals surface area contributed by atoms with Crippen molar-refractivity contribution < 1.29 is 28.1 Å². The molecule has 1 rings (SSSR count). The Kier molecular flexibility index (Phi) is 4.36. The fourth-order valence-corrected chi connectivity index (χ4v) is 1.13. The summed E-state index contributed by atoms with van der Waals surface area (Å²) in [5, 5.41) is 18.0. The molecule has 0 saturated heterocycles. The van der Waals surface area contributed by atoms with Crippen LogP contribution in [0.5, 0.6) is 5.75 Å². The highest BCUT2D eigenvalue weighted by Gasteiger charge is 2.38. The number of hydrogen-bond donors (Lipinski definition) is 2. The minimum Gasteiger partial charge on any atom is -0.491 e. The van der Waals surface area contributed by atoms with Crippen molar-refractivity contribution in [1.29, 1.82) is 0 Å². The molecule has 0 radical (unpaired) electrons. The SMILES string of the molecule is C[C@@H](O)c1cccc(OCC(O)C(F)(F)F)c1. The first-order valence-corrected chi connectivity index (χ1v) is 4.96. The molecule has 1 aromatic rings. The number of aliphatic hydroxyl groups is 2. The first kappa shape index (κ1) is 13.8. The van der Waals surface area contributed by atoms with E-state index >= 15 is 0 Å². The van der Waals surface area contributed by atoms with Gasteiger partial charge < -0.3 is 14.9 Å². The molecular weight excluding hydrogens is 237 g/mol. The van der Waals surface area contributed by atoms with Gasteiger partial charge in [-0.1, -0.05) is 12.1 Å². The van der Waals surface area contributed by atoms with Crippen LogP contribution in [0, 0.1) is 0 Å². The third kappa shape index (κ3) is 4.24. The third-order valence-electron chi connectivity index (χ3n) is 2.13. The lowest BCUT2D eigenvalue weighted by molar-refractivity contribution is -0.210. The van der Waals surface area contributed by atoms with Gasteiger partial charge in [-0.2, -0.15) is 13.2 Å². The molecule has 0 saturated carbocycles. The van der Waals surface area contributed by atoms with Crippen LogP contribution in [0.25, 0.3) is 0 Å². The van der Waals surface area contributed by atoms with Crippen LogP contribution in [0.1, 0.15) is 18.6 Å². The summed E-state index contributed by atoms with van der Waals surface area (Å²) in [5.41, 5.74) is 0.531. The number of halogens is 3. The lowest BCUT2D eigenvalue weighted by Gasteiger charge is -2.15. The van der Waals surface area contributed by atoms with Crippen LogP contribution < -0.4 is 4.74 Å². The summed E-state index contributed by atoms with van der Waals surface area (Å²) < 4.78 is 40.8. The molecule has 17 heavy (non-hydrogen) atoms. The predicted molar refractivity (Wildman–Crippen MR) is 54.6 cm³/mol. The number of benzene rings is 1. The molecule has 0 bridgehead atoms. The molecule has 3 nitrogen and oxygen atoms in total. The van der Waals surface area contributed by atoms with Crippen LogP contribution >= 0.6 is 0 Å². The molecule has 1 unspecified atom stereocenters. The quantitative estimate of drug-likeness (QED) is 0.859. The zero-order chi connectivity index (χ0) is 13.1. The second-order valence-electron chi connectivity index (χ2n) is 3.62. The molecule has 0 amide bonds. The fraction of sp³-hybridized carbons (Fsp3) is 0.455. The highest BCUT2D eigenvalue weighted by molar-refractivity contribution is 5.29. The van der Waals surface area contributed by atoms with Crippen molar-refractivity contribution in [2.75, 3.05) is 6.61 Å². The fourth-order valence-electron chi connectivity index (χ4n) is 1.13. The van der Waals surface area contributed by atoms with E-state index in [1.807, 2.05) is 0 Å². The van der Waals surface area contributed by atoms with Gasteiger partial charge in [-0.3, -0.25) is 0 Å². The standard InChI is InChI=1S/C11H13F3O3/c1-7(15)8-3-2-4-9(5-8)17-6-10(16)11(12,13)14/h2-5,7,10,15-16H,6H2,1H3/t7-,10?/m1/s1. The number of ether oxygens (including phenoxy) is 1. The van der Waals surface area contributed by atoms with E-state index in [1.165, 1.54) is 19.1 Å². The van der Waals surface area contributed by atoms with Crippen molar-refractivity contribution >= 4 is 0 Å². The summed E-state index contributed by atoms with van der Waals surface area (Å²) >= 11 is 0. The van der Waals surface area contributed by atoms with Crippen LogP contribution in [0.4, 0.5) is 13.2 Å². The summed E-state index contributed by atoms with van der Waals surface area (Å²) in [4.78, 5) is 0. The van der Waals surface area contributed by atoms with Crippen molar-refractivity contribution in [3.05, 3.63) is 29.8 Å². The van der Waals surface area contributed by atoms with E-state index in [9.17, 15) is 18.3 Å². The predicted octanol–water partition coefficient (Wildman–Crippen LogP) is 2.04. The molecule has 0 aliphatic rings. The average Bonchev–Trinajstić information content (AvgIpc) is 2.25. The largest absolute Gasteiger partial charge is 0.491 e. The molecule has 0 aliphatic carbocycles. The lowest BCUT2D eigenvalue weighted by Crippen LogP contribution is -2.34. The Labute approximate surface area is 96.5 Å². The molecule has 0 aliphatic heterocycles. The van der Waals surface area contributed by atoms with Gasteiger partial charge in [0.2, 0.25) is 0 Å². The molecule has 2 atom stereocenters. The maximum Gasteiger partial charge on any atom is 0.417 e. The average molecular weight is 250 g/mol. The van der Waals surface area contributed by atoms with Gasteiger partial charge in [-0.05, 0) is 24.6 Å². The highest BCUT2D eigenvalue weighted by atomic mass is 19.4. The molecule has 96 valence electrons. The lowest BCUT2D eigenvalue weighted by atomic mass is 10.1. The molecule has 0 fully saturated rings. The zero-order valence-electron chi connectivity index (χ0n) is 9.11. The second-order valence-corrected chi connectivity index (χ2v) is 3.62. The van der Waals surface area contributed by atoms with Crippen molar-refractivity contribution in [1.82, 2.24) is 0 Å². The van der Waals surface area contributed by atoms with Crippen LogP contribution in [0.2, 0.25) is 0 Å². The number of rotatable bonds is 4. The molecule has 6 heteroatoms. The maximum atomic E-state index is 12.0. The van der Waals surface area contributed by atoms with Crippen LogP contribution in [0.3, 0.4) is 0 Å². The minimum absolute atomic E-state index is 0.173. The molecule has 0 heterocycles. The highest BCUT2D eigenvalue weighted by Crippen LogP contribution is 2.22. The summed E-state index contributed by atoms with van der Waals surface area (Å²) in [6.45, 7) is 0.663. The summed E-state index contributed by atoms with van der Waals surface area (Å²) in [6.07, 6.45) is -7.94. The smallest absolute Gasteiger partial charge is 0.417 e. The molecule has 0 spiro atoms. The van der Waals surface area contributed by atoms with Gasteiger partial charge in [0.15, 0.2) is 6.10 Å². The van der Waals surface area contributed by atoms with Gasteiger partial charge in [-0.15, -0.1) is 0 Å². The van der Waals surface area contributed by atoms with Crippen LogP contribution in [0.15, 0.2) is 24.3 Å². The zero-order valence-corrected chi connectivity index (χ0v) is 9.11. The van der Waals surface area contributed by atoms with Crippen LogP contribution in [-0.2, 0) is 0 Å². The number of hydrogen-bond acceptors (Lipinski definition) is 3. The van der Waals surface area contributed by atoms with Gasteiger partial charge in [0.1, 0.15) is 12.4 Å². The second kappa shape index (κ2) is 5.37. The van der Waals surface area contributed by atoms with E-state index in [4.69, 9.17) is 9.84 Å². The molecule has 0 aromatic heterocycles. The van der Waals surface area contributed by atoms with E-state index in [1.54, 1.807) is 12.1 Å². The Morgan fingerprint density at radius 3 is 2.47 bits per heavy atom. The van der Waals surface area contributed by atoms with Gasteiger partial charge >= 0.3 is 6.18 Å². The van der Waals surface area contributed by atoms with E-state index in [0.717, 1.165) is 0 Å². The number of alkyl halides is 3. The monoisotopic (exact) mass is 250 g/mol. The van der Waals surface area contributed by atoms with Crippen molar-refractivity contribution in [2.24, 2.45) is 0 Å². The first-order chi connectivity index (χ1) is 7.80. The molecule has 2 N–H and O–H groups in total. The Hall–Kier alpha value is -1.27. The summed E-state index contributed by atoms with van der Waals surface area (Å²) in [6, 6.07) is 6.05. The van der Waals surface area contributed by atoms with Gasteiger partial charge in [0.05, 0.1) is 6.10 Å². The van der Waals surface area contributed by atoms with Gasteiger partial charge in [-0.25, -0.2) is 0 Å². The Bertz CT molecular complexity index is 363. The van der Waals surface area contributed by atoms with E-state index in [-0.39, 0.29) is 5.75 Å². The third-order valence-corrected chi connectivity index (χ3v) is 2.13. The normalized spacial score (nSPS) is 15.4. The minimum atomic E-state index is -4.69. The van der Waals surface area contributed by atoms with E-state index < -0.39 is 25.0 Å². The Morgan fingerprint density at radius 2 is 1.94 bits per heavy atom. The summed E-state index contributed by atoms with van der Waals surface area (Å²) in [5.74, 6) is 0.173. The first-order valence-electron chi connectivity index (χ1n) is 4.96. The molecule has 1 aromatic carbocycles. The Morgan fingerprint density at radius 1 is 1.29 bits per heavy atom. The van der Waals surface area contributed by atoms with E-state index in [2.05, 4.69) is 0 Å². The van der Waals surface area contributed by atoms with Crippen molar-refractivity contribution in [3.63, 3.8) is 0 Å². The maximum absolute atomic E-state index is 12.0. The topological polar surface area (TPSA) is 49.7 Å². The molecular formula is C11H13F3O3. The number of aliphatic hydroxyl groups excluding tert-OH is 2. The van der Waals surface area contributed by atoms with Crippen LogP contribution in [-0.4, -0.2) is 29.1 Å². The van der Waals surface area contributed by atoms with Gasteiger partial charge in [0, 0.05) is 0 Å². The summed E-state index contributed by atoms with van der Waals surface area (Å²) in [7, 11) is 0. The Balaban J connectivity index is 2.61. The van der Waals surface area contributed by atoms with Crippen molar-refractivity contribution in [3.8, 4) is 5.75 Å². The van der Waals surface area contributed by atoms with Crippen molar-refractivity contribution in [2.45, 2.75) is 25.3 Å². The van der Waals surface area contributed by atoms with E-state index in [0.29, 0.717) is 5.56 Å².